The molecule has 0 aliphatic heterocycles. The fourth-order valence-electron chi connectivity index (χ4n) is 2.97. The summed E-state index contributed by atoms with van der Waals surface area (Å²) in [5.74, 6) is 0.779. The molecule has 24 heavy (non-hydrogen) atoms. The summed E-state index contributed by atoms with van der Waals surface area (Å²) in [5.41, 5.74) is 3.48. The van der Waals surface area contributed by atoms with Crippen molar-refractivity contribution < 1.29 is 13.2 Å². The Morgan fingerprint density at radius 2 is 1.58 bits per heavy atom. The molecule has 1 atom stereocenters. The molecule has 0 saturated carbocycles. The molecule has 130 valence electrons. The Morgan fingerprint density at radius 3 is 2.08 bits per heavy atom. The molecule has 0 radical (unpaired) electrons. The fourth-order valence-corrected chi connectivity index (χ4v) is 4.65. The lowest BCUT2D eigenvalue weighted by molar-refractivity contribution is 0.340. The van der Waals surface area contributed by atoms with Crippen molar-refractivity contribution in [3.8, 4) is 5.75 Å². The molecule has 0 aromatic heterocycles. The molecule has 0 heterocycles. The Bertz CT molecular complexity index is 788. The molecule has 0 amide bonds. The van der Waals surface area contributed by atoms with Gasteiger partial charge >= 0.3 is 0 Å². The van der Waals surface area contributed by atoms with Gasteiger partial charge in [-0.3, -0.25) is 0 Å². The van der Waals surface area contributed by atoms with Crippen molar-refractivity contribution in [2.45, 2.75) is 45.6 Å². The van der Waals surface area contributed by atoms with Gasteiger partial charge in [-0.15, -0.1) is 0 Å². The van der Waals surface area contributed by atoms with E-state index in [1.165, 1.54) is 0 Å². The van der Waals surface area contributed by atoms with Gasteiger partial charge in [-0.2, -0.15) is 0 Å². The zero-order valence-corrected chi connectivity index (χ0v) is 15.7. The highest BCUT2D eigenvalue weighted by molar-refractivity contribution is 7.89. The zero-order valence-electron chi connectivity index (χ0n) is 14.9. The van der Waals surface area contributed by atoms with E-state index in [2.05, 4.69) is 4.72 Å². The number of hydrogen-bond donors (Lipinski definition) is 1. The first kappa shape index (κ1) is 18.5. The standard InChI is InChI=1S/C19H25NO3S/c1-6-23-18-9-7-17(8-10-18)16(5)20-24(21,22)19-14(3)11-13(2)12-15(19)4/h7-12,16,20H,6H2,1-5H3. The third-order valence-corrected chi connectivity index (χ3v) is 5.74. The van der Waals surface area contributed by atoms with Gasteiger partial charge in [0.1, 0.15) is 5.75 Å². The van der Waals surface area contributed by atoms with E-state index in [1.807, 2.05) is 71.0 Å². The summed E-state index contributed by atoms with van der Waals surface area (Å²) >= 11 is 0. The van der Waals surface area contributed by atoms with E-state index >= 15 is 0 Å². The largest absolute Gasteiger partial charge is 0.494 e. The number of rotatable bonds is 6. The van der Waals surface area contributed by atoms with Gasteiger partial charge in [-0.25, -0.2) is 13.1 Å². The Morgan fingerprint density at radius 1 is 1.04 bits per heavy atom. The Labute approximate surface area is 144 Å². The summed E-state index contributed by atoms with van der Waals surface area (Å²) in [5, 5.41) is 0. The van der Waals surface area contributed by atoms with E-state index < -0.39 is 10.0 Å². The minimum Gasteiger partial charge on any atom is -0.494 e. The molecule has 1 unspecified atom stereocenters. The molecule has 2 aromatic rings. The molecular formula is C19H25NO3S. The Hall–Kier alpha value is -1.85. The lowest BCUT2D eigenvalue weighted by Gasteiger charge is -2.18. The maximum absolute atomic E-state index is 12.8. The number of sulfonamides is 1. The monoisotopic (exact) mass is 347 g/mol. The molecule has 2 rings (SSSR count). The van der Waals surface area contributed by atoms with Crippen molar-refractivity contribution in [3.63, 3.8) is 0 Å². The first-order valence-electron chi connectivity index (χ1n) is 8.07. The van der Waals surface area contributed by atoms with Crippen molar-refractivity contribution in [2.24, 2.45) is 0 Å². The van der Waals surface area contributed by atoms with Crippen LogP contribution in [0.4, 0.5) is 0 Å². The topological polar surface area (TPSA) is 55.4 Å². The van der Waals surface area contributed by atoms with Gasteiger partial charge in [-0.05, 0) is 63.4 Å². The predicted octanol–water partition coefficient (Wildman–Crippen LogP) is 4.05. The smallest absolute Gasteiger partial charge is 0.241 e. The maximum atomic E-state index is 12.8. The maximum Gasteiger partial charge on any atom is 0.241 e. The van der Waals surface area contributed by atoms with Crippen LogP contribution in [0.2, 0.25) is 0 Å². The molecule has 0 aliphatic carbocycles. The van der Waals surface area contributed by atoms with E-state index in [0.29, 0.717) is 11.5 Å². The molecular weight excluding hydrogens is 322 g/mol. The van der Waals surface area contributed by atoms with Crippen LogP contribution >= 0.6 is 0 Å². The van der Waals surface area contributed by atoms with Crippen LogP contribution in [0.3, 0.4) is 0 Å². The average Bonchev–Trinajstić information content (AvgIpc) is 2.46. The second-order valence-corrected chi connectivity index (χ2v) is 7.72. The van der Waals surface area contributed by atoms with E-state index in [4.69, 9.17) is 4.74 Å². The SMILES string of the molecule is CCOc1ccc(C(C)NS(=O)(=O)c2c(C)cc(C)cc2C)cc1. The van der Waals surface area contributed by atoms with Gasteiger partial charge in [0.05, 0.1) is 11.5 Å². The second-order valence-electron chi connectivity index (χ2n) is 6.07. The Balaban J connectivity index is 2.25. The summed E-state index contributed by atoms with van der Waals surface area (Å²) in [6, 6.07) is 10.9. The number of nitrogens with one attached hydrogen (secondary N) is 1. The molecule has 0 bridgehead atoms. The van der Waals surface area contributed by atoms with Crippen molar-refractivity contribution in [1.82, 2.24) is 4.72 Å². The van der Waals surface area contributed by atoms with Crippen molar-refractivity contribution in [2.75, 3.05) is 6.61 Å². The molecule has 0 fully saturated rings. The number of hydrogen-bond acceptors (Lipinski definition) is 3. The fraction of sp³-hybridized carbons (Fsp3) is 0.368. The average molecular weight is 347 g/mol. The van der Waals surface area contributed by atoms with Crippen LogP contribution in [0.25, 0.3) is 0 Å². The lowest BCUT2D eigenvalue weighted by Crippen LogP contribution is -2.28. The summed E-state index contributed by atoms with van der Waals surface area (Å²) in [6.45, 7) is 10.00. The Kier molecular flexibility index (Phi) is 5.67. The minimum absolute atomic E-state index is 0.328. The van der Waals surface area contributed by atoms with Crippen LogP contribution in [0.5, 0.6) is 5.75 Å². The van der Waals surface area contributed by atoms with Crippen LogP contribution < -0.4 is 9.46 Å². The summed E-state index contributed by atoms with van der Waals surface area (Å²) in [7, 11) is -3.59. The second kappa shape index (κ2) is 7.36. The van der Waals surface area contributed by atoms with Gasteiger partial charge < -0.3 is 4.74 Å². The molecule has 0 saturated heterocycles. The van der Waals surface area contributed by atoms with Gasteiger partial charge in [-0.1, -0.05) is 29.8 Å². The number of aryl methyl sites for hydroxylation is 3. The molecule has 5 heteroatoms. The lowest BCUT2D eigenvalue weighted by atomic mass is 10.1. The first-order valence-corrected chi connectivity index (χ1v) is 9.56. The first-order chi connectivity index (χ1) is 11.2. The summed E-state index contributed by atoms with van der Waals surface area (Å²) in [4.78, 5) is 0.367. The van der Waals surface area contributed by atoms with Gasteiger partial charge in [0.25, 0.3) is 0 Å². The highest BCUT2D eigenvalue weighted by Gasteiger charge is 2.22. The summed E-state index contributed by atoms with van der Waals surface area (Å²) < 4.78 is 33.8. The van der Waals surface area contributed by atoms with E-state index in [0.717, 1.165) is 28.0 Å². The molecule has 1 N–H and O–H groups in total. The number of ether oxygens (including phenoxy) is 1. The third kappa shape index (κ3) is 4.16. The highest BCUT2D eigenvalue weighted by Crippen LogP contribution is 2.24. The normalized spacial score (nSPS) is 12.9. The van der Waals surface area contributed by atoms with Crippen LogP contribution in [-0.2, 0) is 10.0 Å². The molecule has 4 nitrogen and oxygen atoms in total. The molecule has 0 aliphatic rings. The molecule has 2 aromatic carbocycles. The van der Waals surface area contributed by atoms with Gasteiger partial charge in [0.2, 0.25) is 10.0 Å². The zero-order chi connectivity index (χ0) is 17.9. The molecule has 0 spiro atoms. The van der Waals surface area contributed by atoms with Gasteiger partial charge in [0.15, 0.2) is 0 Å². The third-order valence-electron chi connectivity index (χ3n) is 3.90. The highest BCUT2D eigenvalue weighted by atomic mass is 32.2. The predicted molar refractivity (Wildman–Crippen MR) is 97.0 cm³/mol. The number of benzene rings is 2. The van der Waals surface area contributed by atoms with Crippen molar-refractivity contribution >= 4 is 10.0 Å². The van der Waals surface area contributed by atoms with E-state index in [-0.39, 0.29) is 6.04 Å². The van der Waals surface area contributed by atoms with E-state index in [9.17, 15) is 8.42 Å². The minimum atomic E-state index is -3.59. The van der Waals surface area contributed by atoms with Crippen LogP contribution in [0.1, 0.15) is 42.1 Å². The quantitative estimate of drug-likeness (QED) is 0.858. The van der Waals surface area contributed by atoms with E-state index in [1.54, 1.807) is 0 Å². The summed E-state index contributed by atoms with van der Waals surface area (Å²) in [6.07, 6.45) is 0. The van der Waals surface area contributed by atoms with Crippen molar-refractivity contribution in [1.29, 1.82) is 0 Å². The van der Waals surface area contributed by atoms with Crippen LogP contribution in [0.15, 0.2) is 41.3 Å². The van der Waals surface area contributed by atoms with Crippen molar-refractivity contribution in [3.05, 3.63) is 58.7 Å². The van der Waals surface area contributed by atoms with Crippen LogP contribution in [-0.4, -0.2) is 15.0 Å². The van der Waals surface area contributed by atoms with Crippen LogP contribution in [0, 0.1) is 20.8 Å². The van der Waals surface area contributed by atoms with Gasteiger partial charge in [0, 0.05) is 6.04 Å².